The van der Waals surface area contributed by atoms with Crippen LogP contribution < -0.4 is 0 Å². The summed E-state index contributed by atoms with van der Waals surface area (Å²) >= 11 is 0. The third-order valence-electron chi connectivity index (χ3n) is 6.50. The highest BCUT2D eigenvalue weighted by atomic mass is 16.3. The summed E-state index contributed by atoms with van der Waals surface area (Å²) in [6.45, 7) is 30.2. The van der Waals surface area contributed by atoms with Crippen molar-refractivity contribution >= 4 is 28.3 Å². The Bertz CT molecular complexity index is 1530. The molecule has 0 spiro atoms. The van der Waals surface area contributed by atoms with Crippen LogP contribution in [0.15, 0.2) is 109 Å². The number of nitrogens with one attached hydrogen (secondary N) is 1. The van der Waals surface area contributed by atoms with Crippen molar-refractivity contribution in [1.29, 1.82) is 0 Å². The van der Waals surface area contributed by atoms with Crippen LogP contribution in [0.5, 0.6) is 0 Å². The van der Waals surface area contributed by atoms with Gasteiger partial charge in [0.05, 0.1) is 0 Å². The summed E-state index contributed by atoms with van der Waals surface area (Å²) < 4.78 is 0. The number of carbonyl (C=O) groups excluding carboxylic acids is 3. The molecule has 0 radical (unpaired) electrons. The first-order valence-electron chi connectivity index (χ1n) is 18.5. The van der Waals surface area contributed by atoms with Crippen LogP contribution in [0.3, 0.4) is 0 Å². The zero-order valence-corrected chi connectivity index (χ0v) is 35.3. The van der Waals surface area contributed by atoms with Crippen LogP contribution in [0.1, 0.15) is 121 Å². The summed E-state index contributed by atoms with van der Waals surface area (Å²) in [4.78, 5) is 33.7. The van der Waals surface area contributed by atoms with Gasteiger partial charge in [0.1, 0.15) is 11.9 Å². The molecular formula is C47H71NO4. The fourth-order valence-electron chi connectivity index (χ4n) is 3.18. The van der Waals surface area contributed by atoms with Crippen LogP contribution in [-0.4, -0.2) is 33.5 Å². The molecule has 5 rings (SSSR count). The number of aromatic nitrogens is 1. The number of rotatable bonds is 3. The molecule has 2 N–H and O–H groups in total. The summed E-state index contributed by atoms with van der Waals surface area (Å²) in [6, 6.07) is 34.6. The van der Waals surface area contributed by atoms with E-state index in [2.05, 4.69) is 87.3 Å². The predicted molar refractivity (Wildman–Crippen MR) is 229 cm³/mol. The van der Waals surface area contributed by atoms with Crippen LogP contribution in [0.25, 0.3) is 10.9 Å². The largest absolute Gasteiger partial charge is 0.386 e. The maximum absolute atomic E-state index is 10.8. The molecule has 1 heterocycles. The number of aliphatic hydroxyl groups is 1. The minimum Gasteiger partial charge on any atom is -0.386 e. The van der Waals surface area contributed by atoms with Crippen molar-refractivity contribution in [3.8, 4) is 0 Å². The number of carbonyl (C=O) groups is 3. The maximum atomic E-state index is 10.8. The van der Waals surface area contributed by atoms with Gasteiger partial charge in [-0.05, 0) is 73.9 Å². The second-order valence-corrected chi connectivity index (χ2v) is 11.1. The van der Waals surface area contributed by atoms with Gasteiger partial charge in [0, 0.05) is 29.1 Å². The topological polar surface area (TPSA) is 87.2 Å². The second kappa shape index (κ2) is 36.2. The molecule has 52 heavy (non-hydrogen) atoms. The van der Waals surface area contributed by atoms with E-state index in [1.165, 1.54) is 52.6 Å². The summed E-state index contributed by atoms with van der Waals surface area (Å²) in [5, 5.41) is 9.60. The van der Waals surface area contributed by atoms with E-state index in [0.29, 0.717) is 6.42 Å². The van der Waals surface area contributed by atoms with E-state index in [4.69, 9.17) is 5.11 Å². The molecule has 0 fully saturated rings. The lowest BCUT2D eigenvalue weighted by Gasteiger charge is -1.93. The van der Waals surface area contributed by atoms with Crippen molar-refractivity contribution in [2.24, 2.45) is 0 Å². The highest BCUT2D eigenvalue weighted by Crippen LogP contribution is 2.15. The molecule has 1 aromatic heterocycles. The number of aromatic amines is 1. The standard InChI is InChI=1S/C9H9N.C9H10O.C8H10.C7H8.C4H8O2.C4H8O.3C2H6/c1-7-6-10-9-5-3-2-4-8(7)9;1-7-3-5-9(6-4-7)8(2)10;1-7-3-5-8(2)6-4-7;1-7-5-3-2-4-6-7;1-3(5)4(2)6;1-3-4(2)5;3*1-2/h2-6,10H,1H3;3-6H,1-2H3;3-6H,1-2H3;2-6H,1H3;3,5H,1-2H3;3H2,1-2H3;3*1-2H3. The Morgan fingerprint density at radius 3 is 1.19 bits per heavy atom. The van der Waals surface area contributed by atoms with Gasteiger partial charge in [0.25, 0.3) is 0 Å². The number of Topliss-reactive ketones (excluding diaryl/α,β-unsaturated/α-hetero) is 3. The monoisotopic (exact) mass is 714 g/mol. The van der Waals surface area contributed by atoms with Crippen LogP contribution in [0.4, 0.5) is 0 Å². The number of aliphatic hydroxyl groups excluding tert-OH is 1. The molecule has 0 amide bonds. The third-order valence-corrected chi connectivity index (χ3v) is 6.50. The zero-order valence-electron chi connectivity index (χ0n) is 35.3. The summed E-state index contributed by atoms with van der Waals surface area (Å²) in [5.74, 6) is 0.194. The Hall–Kier alpha value is -4.61. The van der Waals surface area contributed by atoms with Gasteiger partial charge < -0.3 is 14.9 Å². The van der Waals surface area contributed by atoms with Crippen molar-refractivity contribution in [2.75, 3.05) is 0 Å². The predicted octanol–water partition coefficient (Wildman–Crippen LogP) is 13.0. The molecular weight excluding hydrogens is 643 g/mol. The smallest absolute Gasteiger partial charge is 0.159 e. The molecule has 0 saturated carbocycles. The summed E-state index contributed by atoms with van der Waals surface area (Å²) in [5.41, 5.74) is 8.49. The Balaban J connectivity index is -0.000000262. The number of ketones is 3. The lowest BCUT2D eigenvalue weighted by molar-refractivity contribution is -0.124. The van der Waals surface area contributed by atoms with E-state index in [9.17, 15) is 14.4 Å². The minimum atomic E-state index is -0.787. The molecule has 5 nitrogen and oxygen atoms in total. The lowest BCUT2D eigenvalue weighted by Crippen LogP contribution is -2.10. The van der Waals surface area contributed by atoms with Gasteiger partial charge >= 0.3 is 0 Å². The van der Waals surface area contributed by atoms with Crippen molar-refractivity contribution in [3.05, 3.63) is 143 Å². The Morgan fingerprint density at radius 1 is 0.577 bits per heavy atom. The Morgan fingerprint density at radius 2 is 0.904 bits per heavy atom. The highest BCUT2D eigenvalue weighted by molar-refractivity contribution is 5.94. The molecule has 0 aliphatic carbocycles. The average molecular weight is 714 g/mol. The number of benzene rings is 4. The molecule has 0 bridgehead atoms. The van der Waals surface area contributed by atoms with Crippen LogP contribution >= 0.6 is 0 Å². The van der Waals surface area contributed by atoms with Gasteiger partial charge in [0.2, 0.25) is 0 Å². The quantitative estimate of drug-likeness (QED) is 0.182. The van der Waals surface area contributed by atoms with E-state index in [0.717, 1.165) is 5.56 Å². The number of fused-ring (bicyclic) bond motifs is 1. The summed E-state index contributed by atoms with van der Waals surface area (Å²) in [7, 11) is 0. The molecule has 4 aromatic carbocycles. The zero-order chi connectivity index (χ0) is 41.1. The van der Waals surface area contributed by atoms with Crippen molar-refractivity contribution < 1.29 is 19.5 Å². The van der Waals surface area contributed by atoms with E-state index in [-0.39, 0.29) is 17.3 Å². The second-order valence-electron chi connectivity index (χ2n) is 11.1. The third kappa shape index (κ3) is 31.4. The van der Waals surface area contributed by atoms with Gasteiger partial charge in [-0.1, -0.05) is 168 Å². The SMILES string of the molecule is CC.CC.CC.CC(=O)C(C)O.CC(=O)c1ccc(C)cc1.CCC(C)=O.Cc1c[nH]c2ccccc12.Cc1ccc(C)cc1.Cc1ccccc1. The normalized spacial score (nSPS) is 9.10. The molecule has 1 unspecified atom stereocenters. The van der Waals surface area contributed by atoms with Crippen molar-refractivity contribution in [1.82, 2.24) is 4.98 Å². The van der Waals surface area contributed by atoms with E-state index >= 15 is 0 Å². The fraction of sp³-hybridized carbons (Fsp3) is 0.383. The molecule has 0 saturated heterocycles. The van der Waals surface area contributed by atoms with Crippen molar-refractivity contribution in [2.45, 2.75) is 123 Å². The molecule has 288 valence electrons. The molecule has 0 aliphatic rings. The number of H-pyrrole nitrogens is 1. The average Bonchev–Trinajstić information content (AvgIpc) is 3.54. The first kappa shape index (κ1) is 54.2. The Labute approximate surface area is 317 Å². The lowest BCUT2D eigenvalue weighted by atomic mass is 10.1. The molecule has 1 atom stereocenters. The number of hydrogen-bond donors (Lipinski definition) is 2. The molecule has 5 heteroatoms. The van der Waals surface area contributed by atoms with Gasteiger partial charge in [-0.25, -0.2) is 0 Å². The van der Waals surface area contributed by atoms with E-state index < -0.39 is 6.10 Å². The van der Waals surface area contributed by atoms with E-state index in [1.54, 1.807) is 13.8 Å². The molecule has 0 aliphatic heterocycles. The first-order chi connectivity index (χ1) is 24.7. The molecule has 5 aromatic rings. The van der Waals surface area contributed by atoms with Crippen LogP contribution in [0.2, 0.25) is 0 Å². The Kier molecular flexibility index (Phi) is 37.7. The van der Waals surface area contributed by atoms with Crippen LogP contribution in [0, 0.1) is 34.6 Å². The van der Waals surface area contributed by atoms with Crippen molar-refractivity contribution in [3.63, 3.8) is 0 Å². The summed E-state index contributed by atoms with van der Waals surface area (Å²) in [6.07, 6.45) is 1.91. The number of hydrogen-bond acceptors (Lipinski definition) is 4. The van der Waals surface area contributed by atoms with Gasteiger partial charge in [-0.3, -0.25) is 9.59 Å². The number of para-hydroxylation sites is 1. The number of aryl methyl sites for hydroxylation is 5. The maximum Gasteiger partial charge on any atom is 0.159 e. The van der Waals surface area contributed by atoms with Gasteiger partial charge in [-0.15, -0.1) is 0 Å². The fourth-order valence-corrected chi connectivity index (χ4v) is 3.18. The highest BCUT2D eigenvalue weighted by Gasteiger charge is 1.97. The minimum absolute atomic E-state index is 0.125. The van der Waals surface area contributed by atoms with E-state index in [1.807, 2.05) is 110 Å². The van der Waals surface area contributed by atoms with Gasteiger partial charge in [0.15, 0.2) is 11.6 Å². The van der Waals surface area contributed by atoms with Gasteiger partial charge in [-0.2, -0.15) is 0 Å². The first-order valence-corrected chi connectivity index (χ1v) is 18.5. The van der Waals surface area contributed by atoms with Crippen LogP contribution in [-0.2, 0) is 9.59 Å².